The topological polar surface area (TPSA) is 41.6 Å². The highest BCUT2D eigenvalue weighted by Crippen LogP contribution is 2.42. The lowest BCUT2D eigenvalue weighted by atomic mass is 10.1. The number of carbonyl (C=O) groups excluding carboxylic acids is 1. The third kappa shape index (κ3) is 3.88. The smallest absolute Gasteiger partial charge is 0.261 e. The molecule has 0 atom stereocenters. The van der Waals surface area contributed by atoms with Crippen molar-refractivity contribution < 1.29 is 9.53 Å². The van der Waals surface area contributed by atoms with Crippen LogP contribution >= 0.6 is 11.3 Å². The van der Waals surface area contributed by atoms with Gasteiger partial charge in [0, 0.05) is 41.2 Å². The number of benzene rings is 1. The molecule has 134 valence electrons. The maximum absolute atomic E-state index is 12.5. The van der Waals surface area contributed by atoms with E-state index in [2.05, 4.69) is 44.0 Å². The molecule has 2 aromatic rings. The highest BCUT2D eigenvalue weighted by Gasteiger charge is 2.22. The molecule has 0 fully saturated rings. The maximum Gasteiger partial charge on any atom is 0.261 e. The Labute approximate surface area is 153 Å². The minimum Gasteiger partial charge on any atom is -0.488 e. The van der Waals surface area contributed by atoms with E-state index in [1.54, 1.807) is 11.3 Å². The second kappa shape index (κ2) is 7.58. The second-order valence-corrected chi connectivity index (χ2v) is 7.98. The molecule has 0 radical (unpaired) electrons. The van der Waals surface area contributed by atoms with Gasteiger partial charge in [-0.3, -0.25) is 9.69 Å². The third-order valence-electron chi connectivity index (χ3n) is 4.53. The number of ether oxygens (including phenoxy) is 1. The number of nitrogens with zero attached hydrogens (tertiary/aromatic N) is 1. The van der Waals surface area contributed by atoms with E-state index in [0.29, 0.717) is 25.2 Å². The van der Waals surface area contributed by atoms with Gasteiger partial charge < -0.3 is 10.1 Å². The second-order valence-electron chi connectivity index (χ2n) is 6.93. The van der Waals surface area contributed by atoms with Gasteiger partial charge in [-0.25, -0.2) is 0 Å². The predicted octanol–water partition coefficient (Wildman–Crippen LogP) is 4.16. The normalized spacial score (nSPS) is 12.9. The van der Waals surface area contributed by atoms with Crippen LogP contribution in [-0.2, 0) is 6.61 Å². The number of amides is 1. The van der Waals surface area contributed by atoms with Gasteiger partial charge in [0.15, 0.2) is 0 Å². The first-order chi connectivity index (χ1) is 12.0. The Morgan fingerprint density at radius 1 is 1.24 bits per heavy atom. The molecule has 1 aromatic heterocycles. The molecule has 0 aliphatic carbocycles. The molecule has 2 heterocycles. The van der Waals surface area contributed by atoms with E-state index in [4.69, 9.17) is 4.74 Å². The molecule has 4 nitrogen and oxygen atoms in total. The van der Waals surface area contributed by atoms with Gasteiger partial charge >= 0.3 is 0 Å². The van der Waals surface area contributed by atoms with Crippen LogP contribution in [0.4, 0.5) is 0 Å². The molecule has 0 saturated heterocycles. The van der Waals surface area contributed by atoms with Crippen molar-refractivity contribution >= 4 is 17.2 Å². The molecule has 0 unspecified atom stereocenters. The average Bonchev–Trinajstić information content (AvgIpc) is 3.02. The number of hydrogen-bond donors (Lipinski definition) is 1. The van der Waals surface area contributed by atoms with E-state index in [-0.39, 0.29) is 5.91 Å². The van der Waals surface area contributed by atoms with Gasteiger partial charge in [-0.2, -0.15) is 0 Å². The number of thiophene rings is 1. The van der Waals surface area contributed by atoms with Gasteiger partial charge in [0.05, 0.1) is 4.88 Å². The van der Waals surface area contributed by atoms with E-state index in [1.165, 1.54) is 0 Å². The fraction of sp³-hybridized carbons (Fsp3) is 0.450. The summed E-state index contributed by atoms with van der Waals surface area (Å²) in [6.07, 6.45) is 0. The van der Waals surface area contributed by atoms with Crippen molar-refractivity contribution in [3.63, 3.8) is 0 Å². The van der Waals surface area contributed by atoms with Gasteiger partial charge in [0.25, 0.3) is 5.91 Å². The Morgan fingerprint density at radius 3 is 2.68 bits per heavy atom. The lowest BCUT2D eigenvalue weighted by Gasteiger charge is -2.30. The van der Waals surface area contributed by atoms with Crippen LogP contribution in [0.1, 0.15) is 42.9 Å². The van der Waals surface area contributed by atoms with Gasteiger partial charge in [0.2, 0.25) is 0 Å². The van der Waals surface area contributed by atoms with Crippen molar-refractivity contribution in [1.29, 1.82) is 0 Å². The number of para-hydroxylation sites is 1. The Morgan fingerprint density at radius 2 is 1.96 bits per heavy atom. The van der Waals surface area contributed by atoms with Gasteiger partial charge in [-0.15, -0.1) is 11.3 Å². The minimum atomic E-state index is 0.00402. The van der Waals surface area contributed by atoms with Crippen molar-refractivity contribution in [3.8, 4) is 16.2 Å². The fourth-order valence-electron chi connectivity index (χ4n) is 3.31. The summed E-state index contributed by atoms with van der Waals surface area (Å²) in [7, 11) is 0. The van der Waals surface area contributed by atoms with Crippen LogP contribution in [-0.4, -0.2) is 36.0 Å². The maximum atomic E-state index is 12.5. The monoisotopic (exact) mass is 358 g/mol. The number of carbonyl (C=O) groups is 1. The standard InChI is InChI=1S/C20H26N2O2S/c1-13(2)22(14(3)4)10-9-21-20(23)18-11-15-12-24-17-8-6-5-7-16(17)19(15)25-18/h5-8,11,13-14H,9-10,12H2,1-4H3,(H,21,23). The summed E-state index contributed by atoms with van der Waals surface area (Å²) in [6.45, 7) is 10.8. The van der Waals surface area contributed by atoms with Gasteiger partial charge in [0.1, 0.15) is 12.4 Å². The average molecular weight is 359 g/mol. The summed E-state index contributed by atoms with van der Waals surface area (Å²) in [5.74, 6) is 0.901. The Kier molecular flexibility index (Phi) is 5.45. The molecule has 1 N–H and O–H groups in total. The van der Waals surface area contributed by atoms with Gasteiger partial charge in [-0.05, 0) is 45.9 Å². The lowest BCUT2D eigenvalue weighted by Crippen LogP contribution is -2.42. The van der Waals surface area contributed by atoms with Crippen LogP contribution in [0.5, 0.6) is 5.75 Å². The van der Waals surface area contributed by atoms with Crippen molar-refractivity contribution in [2.75, 3.05) is 13.1 Å². The molecule has 25 heavy (non-hydrogen) atoms. The number of fused-ring (bicyclic) bond motifs is 3. The molecule has 1 amide bonds. The summed E-state index contributed by atoms with van der Waals surface area (Å²) in [5.41, 5.74) is 2.18. The number of nitrogens with one attached hydrogen (secondary N) is 1. The fourth-order valence-corrected chi connectivity index (χ4v) is 4.42. The Balaban J connectivity index is 1.66. The first kappa shape index (κ1) is 18.0. The highest BCUT2D eigenvalue weighted by atomic mass is 32.1. The number of rotatable bonds is 6. The van der Waals surface area contributed by atoms with E-state index in [9.17, 15) is 4.79 Å². The molecule has 5 heteroatoms. The zero-order chi connectivity index (χ0) is 18.0. The van der Waals surface area contributed by atoms with E-state index >= 15 is 0 Å². The Bertz CT molecular complexity index is 744. The quantitative estimate of drug-likeness (QED) is 0.843. The first-order valence-corrected chi connectivity index (χ1v) is 9.68. The summed E-state index contributed by atoms with van der Waals surface area (Å²) in [6, 6.07) is 10.9. The summed E-state index contributed by atoms with van der Waals surface area (Å²) >= 11 is 1.55. The van der Waals surface area contributed by atoms with E-state index < -0.39 is 0 Å². The largest absolute Gasteiger partial charge is 0.488 e. The van der Waals surface area contributed by atoms with Crippen molar-refractivity contribution in [2.24, 2.45) is 0 Å². The molecule has 1 aliphatic rings. The minimum absolute atomic E-state index is 0.00402. The van der Waals surface area contributed by atoms with Crippen molar-refractivity contribution in [2.45, 2.75) is 46.4 Å². The van der Waals surface area contributed by atoms with Gasteiger partial charge in [-0.1, -0.05) is 12.1 Å². The number of hydrogen-bond acceptors (Lipinski definition) is 4. The van der Waals surface area contributed by atoms with Crippen LogP contribution in [0.2, 0.25) is 0 Å². The van der Waals surface area contributed by atoms with E-state index in [1.807, 2.05) is 24.3 Å². The predicted molar refractivity (Wildman–Crippen MR) is 103 cm³/mol. The first-order valence-electron chi connectivity index (χ1n) is 8.86. The Hall–Kier alpha value is -1.85. The van der Waals surface area contributed by atoms with Crippen LogP contribution in [0.3, 0.4) is 0 Å². The molecule has 1 aliphatic heterocycles. The molecular formula is C20H26N2O2S. The molecular weight excluding hydrogens is 332 g/mol. The summed E-state index contributed by atoms with van der Waals surface area (Å²) in [5, 5.41) is 3.06. The van der Waals surface area contributed by atoms with Crippen LogP contribution in [0.25, 0.3) is 10.4 Å². The highest BCUT2D eigenvalue weighted by molar-refractivity contribution is 7.17. The van der Waals surface area contributed by atoms with Crippen LogP contribution < -0.4 is 10.1 Å². The molecule has 0 spiro atoms. The van der Waals surface area contributed by atoms with Crippen molar-refractivity contribution in [3.05, 3.63) is 40.8 Å². The zero-order valence-electron chi connectivity index (χ0n) is 15.3. The summed E-state index contributed by atoms with van der Waals surface area (Å²) < 4.78 is 5.78. The summed E-state index contributed by atoms with van der Waals surface area (Å²) in [4.78, 5) is 16.8. The van der Waals surface area contributed by atoms with Crippen LogP contribution in [0.15, 0.2) is 30.3 Å². The SMILES string of the molecule is CC(C)N(CCNC(=O)c1cc2c(s1)-c1ccccc1OC2)C(C)C. The van der Waals surface area contributed by atoms with Crippen molar-refractivity contribution in [1.82, 2.24) is 10.2 Å². The zero-order valence-corrected chi connectivity index (χ0v) is 16.2. The van der Waals surface area contributed by atoms with E-state index in [0.717, 1.165) is 33.2 Å². The third-order valence-corrected chi connectivity index (χ3v) is 5.74. The molecule has 1 aromatic carbocycles. The molecule has 3 rings (SSSR count). The van der Waals surface area contributed by atoms with Crippen LogP contribution in [0, 0.1) is 0 Å². The molecule has 0 saturated carbocycles. The molecule has 0 bridgehead atoms. The lowest BCUT2D eigenvalue weighted by molar-refractivity contribution is 0.0943.